The Morgan fingerprint density at radius 2 is 2.11 bits per heavy atom. The molecule has 1 unspecified atom stereocenters. The lowest BCUT2D eigenvalue weighted by atomic mass is 9.89. The highest BCUT2D eigenvalue weighted by atomic mass is 32.2. The van der Waals surface area contributed by atoms with Crippen LogP contribution in [0.25, 0.3) is 0 Å². The van der Waals surface area contributed by atoms with Crippen molar-refractivity contribution in [1.29, 1.82) is 0 Å². The summed E-state index contributed by atoms with van der Waals surface area (Å²) >= 11 is 1.79. The Kier molecular flexibility index (Phi) is 6.48. The van der Waals surface area contributed by atoms with Gasteiger partial charge >= 0.3 is 12.0 Å². The third-order valence-corrected chi connectivity index (χ3v) is 4.35. The zero-order valence-electron chi connectivity index (χ0n) is 11.8. The number of nitrogens with one attached hydrogen (secondary N) is 1. The molecule has 1 atom stereocenters. The maximum absolute atomic E-state index is 12.1. The van der Waals surface area contributed by atoms with E-state index in [4.69, 9.17) is 0 Å². The Labute approximate surface area is 119 Å². The molecule has 0 saturated carbocycles. The van der Waals surface area contributed by atoms with E-state index >= 15 is 0 Å². The monoisotopic (exact) mass is 288 g/mol. The van der Waals surface area contributed by atoms with Crippen LogP contribution in [0, 0.1) is 0 Å². The van der Waals surface area contributed by atoms with Crippen molar-refractivity contribution in [2.45, 2.75) is 44.6 Å². The molecule has 2 N–H and O–H groups in total. The van der Waals surface area contributed by atoms with Crippen LogP contribution in [-0.4, -0.2) is 52.6 Å². The first kappa shape index (κ1) is 16.1. The van der Waals surface area contributed by atoms with Crippen LogP contribution in [0.1, 0.15) is 39.0 Å². The lowest BCUT2D eigenvalue weighted by molar-refractivity contribution is -0.150. The molecule has 0 aromatic carbocycles. The SMILES string of the molecule is CSCCCCNC(=O)N1CCCCC1(C)C(=O)O. The van der Waals surface area contributed by atoms with Crippen LogP contribution < -0.4 is 5.32 Å². The number of carbonyl (C=O) groups is 2. The van der Waals surface area contributed by atoms with Crippen molar-refractivity contribution >= 4 is 23.8 Å². The van der Waals surface area contributed by atoms with E-state index in [1.54, 1.807) is 18.7 Å². The number of carboxylic acids is 1. The van der Waals surface area contributed by atoms with Gasteiger partial charge in [-0.2, -0.15) is 11.8 Å². The maximum atomic E-state index is 12.1. The molecule has 0 aromatic rings. The molecule has 0 aliphatic carbocycles. The molecule has 0 bridgehead atoms. The molecule has 5 nitrogen and oxygen atoms in total. The van der Waals surface area contributed by atoms with Crippen molar-refractivity contribution in [2.24, 2.45) is 0 Å². The summed E-state index contributed by atoms with van der Waals surface area (Å²) in [5, 5.41) is 12.2. The van der Waals surface area contributed by atoms with Crippen molar-refractivity contribution in [3.05, 3.63) is 0 Å². The minimum absolute atomic E-state index is 0.242. The van der Waals surface area contributed by atoms with Crippen LogP contribution in [0.3, 0.4) is 0 Å². The highest BCUT2D eigenvalue weighted by Crippen LogP contribution is 2.28. The molecule has 1 aliphatic heterocycles. The van der Waals surface area contributed by atoms with Gasteiger partial charge in [-0.3, -0.25) is 0 Å². The molecule has 2 amide bonds. The number of nitrogens with zero attached hydrogens (tertiary/aromatic N) is 1. The molecule has 1 fully saturated rings. The molecule has 6 heteroatoms. The number of carboxylic acid groups (broad SMARTS) is 1. The van der Waals surface area contributed by atoms with E-state index in [9.17, 15) is 14.7 Å². The molecular formula is C13H24N2O3S. The number of piperidine rings is 1. The molecule has 0 aromatic heterocycles. The van der Waals surface area contributed by atoms with Gasteiger partial charge in [-0.15, -0.1) is 0 Å². The van der Waals surface area contributed by atoms with Crippen molar-refractivity contribution in [2.75, 3.05) is 25.1 Å². The lowest BCUT2D eigenvalue weighted by Gasteiger charge is -2.41. The highest BCUT2D eigenvalue weighted by Gasteiger charge is 2.43. The van der Waals surface area contributed by atoms with Crippen molar-refractivity contribution in [3.8, 4) is 0 Å². The molecule has 0 radical (unpaired) electrons. The van der Waals surface area contributed by atoms with Gasteiger partial charge in [0.15, 0.2) is 0 Å². The summed E-state index contributed by atoms with van der Waals surface area (Å²) in [7, 11) is 0. The van der Waals surface area contributed by atoms with Crippen LogP contribution >= 0.6 is 11.8 Å². The summed E-state index contributed by atoms with van der Waals surface area (Å²) in [5.74, 6) is 0.177. The molecule has 0 spiro atoms. The summed E-state index contributed by atoms with van der Waals surface area (Å²) in [4.78, 5) is 25.0. The number of hydrogen-bond acceptors (Lipinski definition) is 3. The quantitative estimate of drug-likeness (QED) is 0.735. The third kappa shape index (κ3) is 4.30. The molecule has 1 aliphatic rings. The largest absolute Gasteiger partial charge is 0.480 e. The lowest BCUT2D eigenvalue weighted by Crippen LogP contribution is -2.60. The zero-order valence-corrected chi connectivity index (χ0v) is 12.6. The number of likely N-dealkylation sites (tertiary alicyclic amines) is 1. The van der Waals surface area contributed by atoms with E-state index in [2.05, 4.69) is 11.6 Å². The Morgan fingerprint density at radius 1 is 1.37 bits per heavy atom. The molecule has 1 heterocycles. The minimum atomic E-state index is -1.05. The van der Waals surface area contributed by atoms with Crippen LogP contribution in [0.4, 0.5) is 4.79 Å². The average molecular weight is 288 g/mol. The predicted molar refractivity (Wildman–Crippen MR) is 77.6 cm³/mol. The Balaban J connectivity index is 2.47. The van der Waals surface area contributed by atoms with E-state index < -0.39 is 11.5 Å². The number of carbonyl (C=O) groups excluding carboxylic acids is 1. The van der Waals surface area contributed by atoms with Gasteiger partial charge in [0, 0.05) is 13.1 Å². The number of urea groups is 1. The summed E-state index contributed by atoms with van der Waals surface area (Å²) < 4.78 is 0. The number of aliphatic carboxylic acids is 1. The van der Waals surface area contributed by atoms with E-state index in [0.717, 1.165) is 31.4 Å². The van der Waals surface area contributed by atoms with Crippen LogP contribution in [-0.2, 0) is 4.79 Å². The normalized spacial score (nSPS) is 23.2. The van der Waals surface area contributed by atoms with E-state index in [-0.39, 0.29) is 6.03 Å². The number of hydrogen-bond donors (Lipinski definition) is 2. The smallest absolute Gasteiger partial charge is 0.329 e. The van der Waals surface area contributed by atoms with E-state index in [1.807, 2.05) is 0 Å². The standard InChI is InChI=1S/C13H24N2O3S/c1-13(11(16)17)7-3-5-9-15(13)12(18)14-8-4-6-10-19-2/h3-10H2,1-2H3,(H,14,18)(H,16,17). The molecule has 110 valence electrons. The fourth-order valence-electron chi connectivity index (χ4n) is 2.33. The Bertz CT molecular complexity index is 325. The fourth-order valence-corrected chi connectivity index (χ4v) is 2.82. The first-order valence-corrected chi connectivity index (χ1v) is 8.19. The first-order valence-electron chi connectivity index (χ1n) is 6.80. The van der Waals surface area contributed by atoms with Gasteiger partial charge in [-0.05, 0) is 51.0 Å². The first-order chi connectivity index (χ1) is 9.02. The highest BCUT2D eigenvalue weighted by molar-refractivity contribution is 7.98. The summed E-state index contributed by atoms with van der Waals surface area (Å²) in [5.41, 5.74) is -1.05. The van der Waals surface area contributed by atoms with Gasteiger partial charge in [0.1, 0.15) is 5.54 Å². The number of unbranched alkanes of at least 4 members (excludes halogenated alkanes) is 1. The van der Waals surface area contributed by atoms with Gasteiger partial charge in [-0.25, -0.2) is 9.59 Å². The molecule has 19 heavy (non-hydrogen) atoms. The Hall–Kier alpha value is -0.910. The second kappa shape index (κ2) is 7.62. The molecule has 1 rings (SSSR count). The molecule has 1 saturated heterocycles. The average Bonchev–Trinajstić information content (AvgIpc) is 2.38. The Morgan fingerprint density at radius 3 is 2.74 bits per heavy atom. The second-order valence-corrected chi connectivity index (χ2v) is 6.11. The van der Waals surface area contributed by atoms with Crippen molar-refractivity contribution in [3.63, 3.8) is 0 Å². The minimum Gasteiger partial charge on any atom is -0.480 e. The zero-order chi connectivity index (χ0) is 14.3. The maximum Gasteiger partial charge on any atom is 0.329 e. The van der Waals surface area contributed by atoms with E-state index in [1.165, 1.54) is 4.90 Å². The van der Waals surface area contributed by atoms with Gasteiger partial charge < -0.3 is 15.3 Å². The van der Waals surface area contributed by atoms with Gasteiger partial charge in [0.25, 0.3) is 0 Å². The van der Waals surface area contributed by atoms with Crippen molar-refractivity contribution < 1.29 is 14.7 Å². The van der Waals surface area contributed by atoms with Crippen LogP contribution in [0.15, 0.2) is 0 Å². The second-order valence-electron chi connectivity index (χ2n) is 5.12. The number of thioether (sulfide) groups is 1. The fraction of sp³-hybridized carbons (Fsp3) is 0.846. The third-order valence-electron chi connectivity index (χ3n) is 3.65. The van der Waals surface area contributed by atoms with Crippen LogP contribution in [0.2, 0.25) is 0 Å². The summed E-state index contributed by atoms with van der Waals surface area (Å²) in [6, 6.07) is -0.242. The van der Waals surface area contributed by atoms with Crippen molar-refractivity contribution in [1.82, 2.24) is 10.2 Å². The number of rotatable bonds is 6. The van der Waals surface area contributed by atoms with Gasteiger partial charge in [0.05, 0.1) is 0 Å². The molecular weight excluding hydrogens is 264 g/mol. The summed E-state index contributed by atoms with van der Waals surface area (Å²) in [6.45, 7) is 2.78. The van der Waals surface area contributed by atoms with E-state index in [0.29, 0.717) is 19.5 Å². The number of amides is 2. The summed E-state index contributed by atoms with van der Waals surface area (Å²) in [6.07, 6.45) is 6.33. The van der Waals surface area contributed by atoms with Crippen LogP contribution in [0.5, 0.6) is 0 Å². The predicted octanol–water partition coefficient (Wildman–Crippen LogP) is 2.17. The van der Waals surface area contributed by atoms with Gasteiger partial charge in [0.2, 0.25) is 0 Å². The van der Waals surface area contributed by atoms with Gasteiger partial charge in [-0.1, -0.05) is 0 Å². The topological polar surface area (TPSA) is 69.6 Å².